The van der Waals surface area contributed by atoms with Crippen molar-refractivity contribution in [3.8, 4) is 0 Å². The third-order valence-corrected chi connectivity index (χ3v) is 6.27. The van der Waals surface area contributed by atoms with Gasteiger partial charge in [0, 0.05) is 34.9 Å². The SMILES string of the molecule is O=C(N[C@@H]1C[C@@H]2CC[C@H]1C2)C1CCN(c2cc(Cl)cc(Cl)c2)C1. The van der Waals surface area contributed by atoms with Crippen molar-refractivity contribution in [2.24, 2.45) is 17.8 Å². The number of fused-ring (bicyclic) bond motifs is 2. The normalized spacial score (nSPS) is 32.5. The van der Waals surface area contributed by atoms with Gasteiger partial charge in [0.05, 0.1) is 5.92 Å². The second-order valence-electron chi connectivity index (χ2n) is 7.35. The van der Waals surface area contributed by atoms with Gasteiger partial charge in [0.15, 0.2) is 0 Å². The predicted molar refractivity (Wildman–Crippen MR) is 94.2 cm³/mol. The van der Waals surface area contributed by atoms with Gasteiger partial charge >= 0.3 is 0 Å². The van der Waals surface area contributed by atoms with Crippen LogP contribution in [0.15, 0.2) is 18.2 Å². The molecule has 1 saturated heterocycles. The fourth-order valence-electron chi connectivity index (χ4n) is 4.65. The maximum absolute atomic E-state index is 12.6. The first-order valence-electron chi connectivity index (χ1n) is 8.60. The highest BCUT2D eigenvalue weighted by Crippen LogP contribution is 2.44. The smallest absolute Gasteiger partial charge is 0.225 e. The molecule has 1 amide bonds. The summed E-state index contributed by atoms with van der Waals surface area (Å²) in [7, 11) is 0. The molecule has 2 aliphatic carbocycles. The number of hydrogen-bond acceptors (Lipinski definition) is 2. The Balaban J connectivity index is 1.37. The van der Waals surface area contributed by atoms with E-state index in [0.717, 1.165) is 37.0 Å². The van der Waals surface area contributed by atoms with Crippen LogP contribution in [-0.4, -0.2) is 25.0 Å². The summed E-state index contributed by atoms with van der Waals surface area (Å²) in [5, 5.41) is 4.61. The van der Waals surface area contributed by atoms with Crippen molar-refractivity contribution < 1.29 is 4.79 Å². The Bertz CT molecular complexity index is 601. The van der Waals surface area contributed by atoms with E-state index in [1.54, 1.807) is 6.07 Å². The van der Waals surface area contributed by atoms with Crippen LogP contribution >= 0.6 is 23.2 Å². The zero-order chi connectivity index (χ0) is 16.0. The zero-order valence-corrected chi connectivity index (χ0v) is 14.6. The maximum atomic E-state index is 12.6. The van der Waals surface area contributed by atoms with Crippen LogP contribution in [0.3, 0.4) is 0 Å². The quantitative estimate of drug-likeness (QED) is 0.886. The van der Waals surface area contributed by atoms with Crippen molar-refractivity contribution >= 4 is 34.8 Å². The standard InChI is InChI=1S/C18H22Cl2N2O/c19-14-7-15(20)9-16(8-14)22-4-3-13(10-22)18(23)21-17-6-11-1-2-12(17)5-11/h7-9,11-13,17H,1-6,10H2,(H,21,23)/t11-,12+,13?,17-/m1/s1. The summed E-state index contributed by atoms with van der Waals surface area (Å²) in [6.07, 6.45) is 6.08. The van der Waals surface area contributed by atoms with E-state index < -0.39 is 0 Å². The summed E-state index contributed by atoms with van der Waals surface area (Å²) in [5.41, 5.74) is 1.01. The highest BCUT2D eigenvalue weighted by molar-refractivity contribution is 6.35. The number of amides is 1. The van der Waals surface area contributed by atoms with Gasteiger partial charge in [0.2, 0.25) is 5.91 Å². The van der Waals surface area contributed by atoms with Gasteiger partial charge < -0.3 is 10.2 Å². The minimum absolute atomic E-state index is 0.0758. The lowest BCUT2D eigenvalue weighted by molar-refractivity contribution is -0.125. The molecular weight excluding hydrogens is 331 g/mol. The van der Waals surface area contributed by atoms with Crippen molar-refractivity contribution in [2.45, 2.75) is 38.1 Å². The lowest BCUT2D eigenvalue weighted by Gasteiger charge is -2.25. The van der Waals surface area contributed by atoms with Crippen molar-refractivity contribution in [1.29, 1.82) is 0 Å². The van der Waals surface area contributed by atoms with Crippen molar-refractivity contribution in [3.05, 3.63) is 28.2 Å². The van der Waals surface area contributed by atoms with Crippen LogP contribution in [0.2, 0.25) is 10.0 Å². The van der Waals surface area contributed by atoms with Gasteiger partial charge in [-0.1, -0.05) is 29.6 Å². The lowest BCUT2D eigenvalue weighted by Crippen LogP contribution is -2.42. The minimum atomic E-state index is 0.0758. The van der Waals surface area contributed by atoms with Crippen LogP contribution in [0, 0.1) is 17.8 Å². The fourth-order valence-corrected chi connectivity index (χ4v) is 5.17. The number of benzene rings is 1. The first kappa shape index (κ1) is 15.6. The molecule has 1 heterocycles. The Labute approximate surface area is 147 Å². The van der Waals surface area contributed by atoms with E-state index in [1.807, 2.05) is 12.1 Å². The Hall–Kier alpha value is -0.930. The summed E-state index contributed by atoms with van der Waals surface area (Å²) >= 11 is 12.2. The topological polar surface area (TPSA) is 32.3 Å². The summed E-state index contributed by atoms with van der Waals surface area (Å²) in [6, 6.07) is 6.01. The van der Waals surface area contributed by atoms with E-state index in [9.17, 15) is 4.79 Å². The lowest BCUT2D eigenvalue weighted by atomic mass is 9.94. The molecule has 2 bridgehead atoms. The van der Waals surface area contributed by atoms with Crippen LogP contribution in [-0.2, 0) is 4.79 Å². The summed E-state index contributed by atoms with van der Waals surface area (Å²) in [5.74, 6) is 1.90. The number of halogens is 2. The van der Waals surface area contributed by atoms with Crippen LogP contribution in [0.25, 0.3) is 0 Å². The number of rotatable bonds is 3. The number of nitrogens with one attached hydrogen (secondary N) is 1. The molecule has 1 unspecified atom stereocenters. The summed E-state index contributed by atoms with van der Waals surface area (Å²) in [4.78, 5) is 14.8. The summed E-state index contributed by atoms with van der Waals surface area (Å²) < 4.78 is 0. The van der Waals surface area contributed by atoms with Gasteiger partial charge in [-0.2, -0.15) is 0 Å². The second-order valence-corrected chi connectivity index (χ2v) is 8.22. The fraction of sp³-hybridized carbons (Fsp3) is 0.611. The third kappa shape index (κ3) is 3.18. The molecule has 1 aromatic rings. The molecule has 124 valence electrons. The Morgan fingerprint density at radius 1 is 1.09 bits per heavy atom. The van der Waals surface area contributed by atoms with E-state index in [1.165, 1.54) is 25.7 Å². The van der Waals surface area contributed by atoms with Crippen LogP contribution in [0.4, 0.5) is 5.69 Å². The van der Waals surface area contributed by atoms with E-state index in [4.69, 9.17) is 23.2 Å². The number of hydrogen-bond donors (Lipinski definition) is 1. The molecule has 5 heteroatoms. The summed E-state index contributed by atoms with van der Waals surface area (Å²) in [6.45, 7) is 1.63. The highest BCUT2D eigenvalue weighted by Gasteiger charge is 2.41. The van der Waals surface area contributed by atoms with E-state index in [-0.39, 0.29) is 11.8 Å². The van der Waals surface area contributed by atoms with E-state index >= 15 is 0 Å². The largest absolute Gasteiger partial charge is 0.371 e. The van der Waals surface area contributed by atoms with Crippen LogP contribution in [0.5, 0.6) is 0 Å². The van der Waals surface area contributed by atoms with E-state index in [0.29, 0.717) is 16.1 Å². The van der Waals surface area contributed by atoms with Gasteiger partial charge in [0.1, 0.15) is 0 Å². The molecule has 2 saturated carbocycles. The molecule has 4 rings (SSSR count). The van der Waals surface area contributed by atoms with Gasteiger partial charge in [-0.05, 0) is 55.7 Å². The van der Waals surface area contributed by atoms with Crippen LogP contribution < -0.4 is 10.2 Å². The second kappa shape index (κ2) is 6.18. The number of carbonyl (C=O) groups is 1. The van der Waals surface area contributed by atoms with Crippen LogP contribution in [0.1, 0.15) is 32.1 Å². The molecule has 1 aliphatic heterocycles. The Kier molecular flexibility index (Phi) is 4.19. The molecular formula is C18H22Cl2N2O. The first-order chi connectivity index (χ1) is 11.1. The molecule has 4 atom stereocenters. The maximum Gasteiger partial charge on any atom is 0.225 e. The zero-order valence-electron chi connectivity index (χ0n) is 13.1. The molecule has 1 N–H and O–H groups in total. The molecule has 0 radical (unpaired) electrons. The van der Waals surface area contributed by atoms with Gasteiger partial charge in [-0.15, -0.1) is 0 Å². The third-order valence-electron chi connectivity index (χ3n) is 5.84. The van der Waals surface area contributed by atoms with Gasteiger partial charge in [-0.25, -0.2) is 0 Å². The molecule has 0 aromatic heterocycles. The predicted octanol–water partition coefficient (Wildman–Crippen LogP) is 4.12. The van der Waals surface area contributed by atoms with Gasteiger partial charge in [0.25, 0.3) is 0 Å². The number of nitrogens with zero attached hydrogens (tertiary/aromatic N) is 1. The van der Waals surface area contributed by atoms with Crippen molar-refractivity contribution in [1.82, 2.24) is 5.32 Å². The Morgan fingerprint density at radius 2 is 1.87 bits per heavy atom. The average molecular weight is 353 g/mol. The number of carbonyl (C=O) groups excluding carboxylic acids is 1. The molecule has 3 aliphatic rings. The molecule has 3 fully saturated rings. The Morgan fingerprint density at radius 3 is 2.52 bits per heavy atom. The minimum Gasteiger partial charge on any atom is -0.371 e. The molecule has 3 nitrogen and oxygen atoms in total. The molecule has 23 heavy (non-hydrogen) atoms. The first-order valence-corrected chi connectivity index (χ1v) is 9.35. The highest BCUT2D eigenvalue weighted by atomic mass is 35.5. The van der Waals surface area contributed by atoms with Crippen molar-refractivity contribution in [3.63, 3.8) is 0 Å². The monoisotopic (exact) mass is 352 g/mol. The van der Waals surface area contributed by atoms with Crippen molar-refractivity contribution in [2.75, 3.05) is 18.0 Å². The van der Waals surface area contributed by atoms with E-state index in [2.05, 4.69) is 10.2 Å². The average Bonchev–Trinajstić information content (AvgIpc) is 3.22. The molecule has 0 spiro atoms. The van der Waals surface area contributed by atoms with Gasteiger partial charge in [-0.3, -0.25) is 4.79 Å². The molecule has 1 aromatic carbocycles. The number of anilines is 1.